The van der Waals surface area contributed by atoms with Crippen molar-refractivity contribution in [2.45, 2.75) is 39.2 Å². The molecule has 1 heterocycles. The summed E-state index contributed by atoms with van der Waals surface area (Å²) < 4.78 is 5.36. The van der Waals surface area contributed by atoms with Crippen molar-refractivity contribution in [2.24, 2.45) is 11.1 Å². The van der Waals surface area contributed by atoms with E-state index in [2.05, 4.69) is 36.5 Å². The highest BCUT2D eigenvalue weighted by Gasteiger charge is 2.39. The van der Waals surface area contributed by atoms with E-state index < -0.39 is 5.41 Å². The predicted octanol–water partition coefficient (Wildman–Crippen LogP) is 2.18. The average molecular weight is 290 g/mol. The van der Waals surface area contributed by atoms with E-state index in [4.69, 9.17) is 10.5 Å². The molecular weight excluding hydrogens is 264 g/mol. The van der Waals surface area contributed by atoms with Gasteiger partial charge < -0.3 is 15.8 Å². The molecule has 0 aliphatic carbocycles. The first kappa shape index (κ1) is 16.0. The van der Waals surface area contributed by atoms with Gasteiger partial charge in [0.2, 0.25) is 5.91 Å². The first-order valence-electron chi connectivity index (χ1n) is 7.79. The van der Waals surface area contributed by atoms with Crippen molar-refractivity contribution in [3.8, 4) is 0 Å². The lowest BCUT2D eigenvalue weighted by Gasteiger charge is -2.35. The molecule has 1 fully saturated rings. The molecular formula is C17H26N2O2. The number of rotatable bonds is 5. The minimum atomic E-state index is -0.462. The molecule has 1 saturated heterocycles. The lowest BCUT2D eigenvalue weighted by atomic mass is 9.79. The molecule has 1 amide bonds. The van der Waals surface area contributed by atoms with Crippen molar-refractivity contribution in [1.82, 2.24) is 5.32 Å². The number of nitrogens with two attached hydrogens (primary N) is 1. The zero-order chi connectivity index (χ0) is 15.3. The molecule has 116 valence electrons. The number of hydrogen-bond donors (Lipinski definition) is 2. The van der Waals surface area contributed by atoms with Crippen LogP contribution in [0.25, 0.3) is 0 Å². The van der Waals surface area contributed by atoms with Gasteiger partial charge in [0.25, 0.3) is 0 Å². The molecule has 21 heavy (non-hydrogen) atoms. The van der Waals surface area contributed by atoms with Crippen LogP contribution in [0.4, 0.5) is 0 Å². The quantitative estimate of drug-likeness (QED) is 0.873. The Bertz CT molecular complexity index is 464. The van der Waals surface area contributed by atoms with Crippen LogP contribution in [0.5, 0.6) is 0 Å². The third kappa shape index (κ3) is 3.63. The Morgan fingerprint density at radius 2 is 1.95 bits per heavy atom. The molecule has 4 heteroatoms. The summed E-state index contributed by atoms with van der Waals surface area (Å²) in [4.78, 5) is 12.6. The standard InChI is InChI=1S/C17H26N2O2/c1-3-14-4-6-15(7-5-14)13(2)19-16(20)17(12-18)8-10-21-11-9-17/h4-7,13H,3,8-12,18H2,1-2H3,(H,19,20). The van der Waals surface area contributed by atoms with Gasteiger partial charge in [-0.1, -0.05) is 31.2 Å². The number of carbonyl (C=O) groups is 1. The van der Waals surface area contributed by atoms with Gasteiger partial charge >= 0.3 is 0 Å². The van der Waals surface area contributed by atoms with Gasteiger partial charge in [0.1, 0.15) is 0 Å². The van der Waals surface area contributed by atoms with Crippen molar-refractivity contribution in [3.05, 3.63) is 35.4 Å². The van der Waals surface area contributed by atoms with E-state index in [1.165, 1.54) is 5.56 Å². The fourth-order valence-corrected chi connectivity index (χ4v) is 2.76. The normalized spacial score (nSPS) is 19.0. The van der Waals surface area contributed by atoms with Crippen molar-refractivity contribution in [1.29, 1.82) is 0 Å². The van der Waals surface area contributed by atoms with Gasteiger partial charge in [0.05, 0.1) is 11.5 Å². The summed E-state index contributed by atoms with van der Waals surface area (Å²) >= 11 is 0. The summed E-state index contributed by atoms with van der Waals surface area (Å²) in [5, 5.41) is 3.12. The largest absolute Gasteiger partial charge is 0.381 e. The summed E-state index contributed by atoms with van der Waals surface area (Å²) in [6.07, 6.45) is 2.44. The summed E-state index contributed by atoms with van der Waals surface area (Å²) in [6.45, 7) is 5.76. The maximum absolute atomic E-state index is 12.6. The summed E-state index contributed by atoms with van der Waals surface area (Å²) in [5.41, 5.74) is 7.84. The van der Waals surface area contributed by atoms with Crippen LogP contribution in [0.1, 0.15) is 43.9 Å². The van der Waals surface area contributed by atoms with E-state index in [-0.39, 0.29) is 11.9 Å². The average Bonchev–Trinajstić information content (AvgIpc) is 2.55. The van der Waals surface area contributed by atoms with Gasteiger partial charge in [-0.2, -0.15) is 0 Å². The molecule has 1 unspecified atom stereocenters. The number of hydrogen-bond acceptors (Lipinski definition) is 3. The van der Waals surface area contributed by atoms with Crippen molar-refractivity contribution < 1.29 is 9.53 Å². The van der Waals surface area contributed by atoms with Crippen LogP contribution < -0.4 is 11.1 Å². The first-order chi connectivity index (χ1) is 10.1. The molecule has 0 aromatic heterocycles. The number of carbonyl (C=O) groups excluding carboxylic acids is 1. The van der Waals surface area contributed by atoms with E-state index in [1.54, 1.807) is 0 Å². The Balaban J connectivity index is 2.03. The minimum Gasteiger partial charge on any atom is -0.381 e. The Morgan fingerprint density at radius 3 is 2.48 bits per heavy atom. The molecule has 0 bridgehead atoms. The third-order valence-electron chi connectivity index (χ3n) is 4.56. The number of ether oxygens (including phenoxy) is 1. The van der Waals surface area contributed by atoms with Crippen molar-refractivity contribution >= 4 is 5.91 Å². The summed E-state index contributed by atoms with van der Waals surface area (Å²) in [7, 11) is 0. The van der Waals surface area contributed by atoms with Crippen LogP contribution >= 0.6 is 0 Å². The molecule has 1 aromatic rings. The van der Waals surface area contributed by atoms with E-state index in [1.807, 2.05) is 6.92 Å². The Hall–Kier alpha value is -1.39. The van der Waals surface area contributed by atoms with Crippen molar-refractivity contribution in [2.75, 3.05) is 19.8 Å². The minimum absolute atomic E-state index is 0.00493. The molecule has 2 rings (SSSR count). The van der Waals surface area contributed by atoms with E-state index in [0.717, 1.165) is 12.0 Å². The van der Waals surface area contributed by atoms with Gasteiger partial charge in [-0.3, -0.25) is 4.79 Å². The highest BCUT2D eigenvalue weighted by molar-refractivity contribution is 5.83. The second-order valence-electron chi connectivity index (χ2n) is 5.89. The van der Waals surface area contributed by atoms with Gasteiger partial charge in [-0.05, 0) is 37.3 Å². The van der Waals surface area contributed by atoms with Gasteiger partial charge in [-0.25, -0.2) is 0 Å². The Labute approximate surface area is 127 Å². The molecule has 4 nitrogen and oxygen atoms in total. The molecule has 0 spiro atoms. The SMILES string of the molecule is CCc1ccc(C(C)NC(=O)C2(CN)CCOCC2)cc1. The van der Waals surface area contributed by atoms with Crippen LogP contribution in [0, 0.1) is 5.41 Å². The number of nitrogens with one attached hydrogen (secondary N) is 1. The van der Waals surface area contributed by atoms with Crippen LogP contribution in [-0.2, 0) is 16.0 Å². The molecule has 0 radical (unpaired) electrons. The fourth-order valence-electron chi connectivity index (χ4n) is 2.76. The monoisotopic (exact) mass is 290 g/mol. The molecule has 1 atom stereocenters. The summed E-state index contributed by atoms with van der Waals surface area (Å²) in [5.74, 6) is 0.0559. The lowest BCUT2D eigenvalue weighted by molar-refractivity contribution is -0.136. The fraction of sp³-hybridized carbons (Fsp3) is 0.588. The zero-order valence-corrected chi connectivity index (χ0v) is 13.0. The van der Waals surface area contributed by atoms with Crippen molar-refractivity contribution in [3.63, 3.8) is 0 Å². The van der Waals surface area contributed by atoms with E-state index in [0.29, 0.717) is 32.6 Å². The Morgan fingerprint density at radius 1 is 1.33 bits per heavy atom. The Kier molecular flexibility index (Phi) is 5.37. The molecule has 0 saturated carbocycles. The van der Waals surface area contributed by atoms with Crippen LogP contribution in [0.15, 0.2) is 24.3 Å². The predicted molar refractivity (Wildman–Crippen MR) is 83.9 cm³/mol. The lowest BCUT2D eigenvalue weighted by Crippen LogP contribution is -2.49. The smallest absolute Gasteiger partial charge is 0.228 e. The second kappa shape index (κ2) is 7.05. The van der Waals surface area contributed by atoms with Gasteiger partial charge in [0.15, 0.2) is 0 Å². The molecule has 3 N–H and O–H groups in total. The van der Waals surface area contributed by atoms with Gasteiger partial charge in [0, 0.05) is 19.8 Å². The third-order valence-corrected chi connectivity index (χ3v) is 4.56. The maximum Gasteiger partial charge on any atom is 0.228 e. The number of aryl methyl sites for hydroxylation is 1. The number of benzene rings is 1. The van der Waals surface area contributed by atoms with Crippen LogP contribution in [-0.4, -0.2) is 25.7 Å². The topological polar surface area (TPSA) is 64.4 Å². The van der Waals surface area contributed by atoms with Crippen LogP contribution in [0.3, 0.4) is 0 Å². The highest BCUT2D eigenvalue weighted by atomic mass is 16.5. The molecule has 1 aliphatic rings. The van der Waals surface area contributed by atoms with Crippen LogP contribution in [0.2, 0.25) is 0 Å². The van der Waals surface area contributed by atoms with Gasteiger partial charge in [-0.15, -0.1) is 0 Å². The maximum atomic E-state index is 12.6. The van der Waals surface area contributed by atoms with E-state index in [9.17, 15) is 4.79 Å². The zero-order valence-electron chi connectivity index (χ0n) is 13.0. The highest BCUT2D eigenvalue weighted by Crippen LogP contribution is 2.30. The number of amides is 1. The van der Waals surface area contributed by atoms with E-state index >= 15 is 0 Å². The molecule has 1 aliphatic heterocycles. The summed E-state index contributed by atoms with van der Waals surface area (Å²) in [6, 6.07) is 8.40. The first-order valence-corrected chi connectivity index (χ1v) is 7.79. The second-order valence-corrected chi connectivity index (χ2v) is 5.89. The molecule has 1 aromatic carbocycles.